The van der Waals surface area contributed by atoms with Crippen LogP contribution in [0, 0.1) is 0 Å². The average Bonchev–Trinajstić information content (AvgIpc) is 2.08. The molecule has 0 saturated carbocycles. The zero-order valence-corrected chi connectivity index (χ0v) is 9.41. The first-order chi connectivity index (χ1) is 6.98. The van der Waals surface area contributed by atoms with E-state index in [-0.39, 0.29) is 12.3 Å². The number of amides is 1. The summed E-state index contributed by atoms with van der Waals surface area (Å²) in [6.07, 6.45) is 0.206. The molecule has 0 aromatic rings. The molecule has 6 nitrogen and oxygen atoms in total. The number of carbonyl (C=O) groups excluding carboxylic acids is 1. The number of hydrazine groups is 1. The van der Waals surface area contributed by atoms with Crippen molar-refractivity contribution in [2.75, 3.05) is 26.4 Å². The van der Waals surface area contributed by atoms with Crippen molar-refractivity contribution in [3.63, 3.8) is 0 Å². The van der Waals surface area contributed by atoms with Gasteiger partial charge in [-0.1, -0.05) is 0 Å². The third kappa shape index (κ3) is 9.61. The molecule has 0 atom stereocenters. The SMILES string of the molecule is CC(C)(CC(N)=O)OCCOCCNN. The molecule has 0 aliphatic heterocycles. The fourth-order valence-electron chi connectivity index (χ4n) is 1.08. The third-order valence-corrected chi connectivity index (χ3v) is 1.71. The lowest BCUT2D eigenvalue weighted by Gasteiger charge is -2.23. The van der Waals surface area contributed by atoms with Crippen LogP contribution in [0.1, 0.15) is 20.3 Å². The second-order valence-corrected chi connectivity index (χ2v) is 3.82. The second kappa shape index (κ2) is 7.58. The third-order valence-electron chi connectivity index (χ3n) is 1.71. The Labute approximate surface area is 90.2 Å². The van der Waals surface area contributed by atoms with E-state index in [1.54, 1.807) is 0 Å². The number of nitrogens with one attached hydrogen (secondary N) is 1. The Bertz CT molecular complexity index is 185. The molecule has 0 aliphatic rings. The molecular formula is C9H21N3O3. The van der Waals surface area contributed by atoms with Gasteiger partial charge < -0.3 is 15.2 Å². The number of ether oxygens (including phenoxy) is 2. The summed E-state index contributed by atoms with van der Waals surface area (Å²) in [6, 6.07) is 0. The first kappa shape index (κ1) is 14.3. The van der Waals surface area contributed by atoms with Gasteiger partial charge in [-0.25, -0.2) is 0 Å². The number of rotatable bonds is 9. The number of hydrogen-bond acceptors (Lipinski definition) is 5. The van der Waals surface area contributed by atoms with Gasteiger partial charge in [0.15, 0.2) is 0 Å². The topological polar surface area (TPSA) is 99.6 Å². The van der Waals surface area contributed by atoms with E-state index in [0.717, 1.165) is 0 Å². The molecule has 0 unspecified atom stereocenters. The summed E-state index contributed by atoms with van der Waals surface area (Å²) >= 11 is 0. The Balaban J connectivity index is 3.44. The fourth-order valence-corrected chi connectivity index (χ4v) is 1.08. The lowest BCUT2D eigenvalue weighted by atomic mass is 10.1. The van der Waals surface area contributed by atoms with E-state index in [4.69, 9.17) is 21.1 Å². The molecule has 0 fully saturated rings. The van der Waals surface area contributed by atoms with Crippen molar-refractivity contribution in [1.82, 2.24) is 5.43 Å². The molecule has 0 radical (unpaired) electrons. The Morgan fingerprint density at radius 1 is 1.33 bits per heavy atom. The zero-order valence-electron chi connectivity index (χ0n) is 9.41. The maximum Gasteiger partial charge on any atom is 0.220 e. The Hall–Kier alpha value is -0.690. The lowest BCUT2D eigenvalue weighted by molar-refractivity contribution is -0.125. The van der Waals surface area contributed by atoms with Gasteiger partial charge in [0.25, 0.3) is 0 Å². The standard InChI is InChI=1S/C9H21N3O3/c1-9(2,7-8(10)13)15-6-5-14-4-3-12-11/h12H,3-7,11H2,1-2H3,(H2,10,13). The normalized spacial score (nSPS) is 11.7. The van der Waals surface area contributed by atoms with E-state index in [2.05, 4.69) is 5.43 Å². The summed E-state index contributed by atoms with van der Waals surface area (Å²) in [5, 5.41) is 0. The summed E-state index contributed by atoms with van der Waals surface area (Å²) in [5.74, 6) is 4.69. The van der Waals surface area contributed by atoms with Crippen molar-refractivity contribution in [2.24, 2.45) is 11.6 Å². The monoisotopic (exact) mass is 219 g/mol. The van der Waals surface area contributed by atoms with Crippen LogP contribution in [-0.2, 0) is 14.3 Å². The summed E-state index contributed by atoms with van der Waals surface area (Å²) < 4.78 is 10.6. The summed E-state index contributed by atoms with van der Waals surface area (Å²) in [6.45, 7) is 5.69. The molecule has 0 heterocycles. The minimum Gasteiger partial charge on any atom is -0.378 e. The quantitative estimate of drug-likeness (QED) is 0.266. The van der Waals surface area contributed by atoms with Gasteiger partial charge in [0, 0.05) is 6.54 Å². The van der Waals surface area contributed by atoms with Crippen LogP contribution < -0.4 is 17.0 Å². The molecule has 0 aliphatic carbocycles. The van der Waals surface area contributed by atoms with Crippen LogP contribution in [0.25, 0.3) is 0 Å². The number of primary amides is 1. The van der Waals surface area contributed by atoms with Crippen molar-refractivity contribution in [3.05, 3.63) is 0 Å². The van der Waals surface area contributed by atoms with Gasteiger partial charge in [0.1, 0.15) is 0 Å². The maximum absolute atomic E-state index is 10.7. The molecule has 90 valence electrons. The van der Waals surface area contributed by atoms with Crippen LogP contribution in [-0.4, -0.2) is 37.9 Å². The van der Waals surface area contributed by atoms with Gasteiger partial charge in [-0.15, -0.1) is 0 Å². The molecule has 5 N–H and O–H groups in total. The van der Waals surface area contributed by atoms with Gasteiger partial charge in [-0.3, -0.25) is 16.1 Å². The van der Waals surface area contributed by atoms with E-state index in [1.165, 1.54) is 0 Å². The Kier molecular flexibility index (Phi) is 7.23. The fraction of sp³-hybridized carbons (Fsp3) is 0.889. The average molecular weight is 219 g/mol. The zero-order chi connectivity index (χ0) is 11.7. The minimum atomic E-state index is -0.526. The highest BCUT2D eigenvalue weighted by Gasteiger charge is 2.20. The Morgan fingerprint density at radius 2 is 2.00 bits per heavy atom. The molecule has 6 heteroatoms. The molecule has 1 amide bonds. The highest BCUT2D eigenvalue weighted by Crippen LogP contribution is 2.13. The van der Waals surface area contributed by atoms with Gasteiger partial charge in [0.2, 0.25) is 5.91 Å². The lowest BCUT2D eigenvalue weighted by Crippen LogP contribution is -2.32. The van der Waals surface area contributed by atoms with E-state index < -0.39 is 5.60 Å². The van der Waals surface area contributed by atoms with Crippen molar-refractivity contribution >= 4 is 5.91 Å². The smallest absolute Gasteiger partial charge is 0.220 e. The van der Waals surface area contributed by atoms with Crippen LogP contribution in [0.2, 0.25) is 0 Å². The first-order valence-corrected chi connectivity index (χ1v) is 4.91. The molecule has 0 spiro atoms. The molecular weight excluding hydrogens is 198 g/mol. The predicted molar refractivity (Wildman–Crippen MR) is 56.9 cm³/mol. The largest absolute Gasteiger partial charge is 0.378 e. The van der Waals surface area contributed by atoms with Crippen molar-refractivity contribution in [1.29, 1.82) is 0 Å². The van der Waals surface area contributed by atoms with E-state index >= 15 is 0 Å². The van der Waals surface area contributed by atoms with Gasteiger partial charge in [-0.05, 0) is 13.8 Å². The van der Waals surface area contributed by atoms with Crippen molar-refractivity contribution in [3.8, 4) is 0 Å². The highest BCUT2D eigenvalue weighted by molar-refractivity contribution is 5.74. The maximum atomic E-state index is 10.7. The van der Waals surface area contributed by atoms with E-state index in [9.17, 15) is 4.79 Å². The van der Waals surface area contributed by atoms with Crippen LogP contribution in [0.5, 0.6) is 0 Å². The van der Waals surface area contributed by atoms with Crippen molar-refractivity contribution < 1.29 is 14.3 Å². The van der Waals surface area contributed by atoms with Gasteiger partial charge in [0.05, 0.1) is 31.8 Å². The Morgan fingerprint density at radius 3 is 2.53 bits per heavy atom. The number of carbonyl (C=O) groups is 1. The van der Waals surface area contributed by atoms with Crippen LogP contribution in [0.4, 0.5) is 0 Å². The highest BCUT2D eigenvalue weighted by atomic mass is 16.5. The minimum absolute atomic E-state index is 0.206. The molecule has 0 saturated heterocycles. The van der Waals surface area contributed by atoms with Crippen LogP contribution in [0.15, 0.2) is 0 Å². The molecule has 0 aromatic heterocycles. The summed E-state index contributed by atoms with van der Waals surface area (Å²) in [5.41, 5.74) is 7.02. The molecule has 0 aromatic carbocycles. The van der Waals surface area contributed by atoms with E-state index in [0.29, 0.717) is 26.4 Å². The van der Waals surface area contributed by atoms with Crippen LogP contribution in [0.3, 0.4) is 0 Å². The number of hydrogen-bond donors (Lipinski definition) is 3. The van der Waals surface area contributed by atoms with Crippen LogP contribution >= 0.6 is 0 Å². The summed E-state index contributed by atoms with van der Waals surface area (Å²) in [7, 11) is 0. The number of nitrogens with two attached hydrogens (primary N) is 2. The van der Waals surface area contributed by atoms with Gasteiger partial charge in [-0.2, -0.15) is 0 Å². The molecule has 15 heavy (non-hydrogen) atoms. The summed E-state index contributed by atoms with van der Waals surface area (Å²) in [4.78, 5) is 10.7. The molecule has 0 rings (SSSR count). The predicted octanol–water partition coefficient (Wildman–Crippen LogP) is -0.863. The van der Waals surface area contributed by atoms with Crippen molar-refractivity contribution in [2.45, 2.75) is 25.9 Å². The molecule has 0 bridgehead atoms. The van der Waals surface area contributed by atoms with Gasteiger partial charge >= 0.3 is 0 Å². The second-order valence-electron chi connectivity index (χ2n) is 3.82. The first-order valence-electron chi connectivity index (χ1n) is 4.91. The van der Waals surface area contributed by atoms with E-state index in [1.807, 2.05) is 13.8 Å².